The van der Waals surface area contributed by atoms with Crippen molar-refractivity contribution in [2.45, 2.75) is 20.5 Å². The number of pyridine rings is 1. The zero-order valence-electron chi connectivity index (χ0n) is 16.9. The molecule has 0 N–H and O–H groups in total. The Morgan fingerprint density at radius 3 is 2.56 bits per heavy atom. The lowest BCUT2D eigenvalue weighted by Gasteiger charge is -2.19. The molecule has 0 aliphatic heterocycles. The minimum Gasteiger partial charge on any atom is -0.485 e. The molecule has 12 heteroatoms. The number of ether oxygens (including phenoxy) is 1. The second-order valence-electron chi connectivity index (χ2n) is 6.83. The molecule has 4 rings (SSSR count). The molecule has 0 spiro atoms. The highest BCUT2D eigenvalue weighted by Crippen LogP contribution is 2.36. The number of hydrogen-bond donors (Lipinski definition) is 0. The molecule has 0 radical (unpaired) electrons. The predicted octanol–water partition coefficient (Wildman–Crippen LogP) is 4.22. The minimum atomic E-state index is -1.18. The van der Waals surface area contributed by atoms with Crippen molar-refractivity contribution < 1.29 is 18.4 Å². The molecular weight excluding hydrogens is 485 g/mol. The number of carbonyl (C=O) groups is 1. The lowest BCUT2D eigenvalue weighted by molar-refractivity contribution is -0.116. The summed E-state index contributed by atoms with van der Waals surface area (Å²) in [5.41, 5.74) is -0.991. The monoisotopic (exact) mass is 497 g/mol. The van der Waals surface area contributed by atoms with Gasteiger partial charge in [-0.1, -0.05) is 34.8 Å². The molecule has 0 atom stereocenters. The van der Waals surface area contributed by atoms with E-state index in [1.807, 2.05) is 0 Å². The third-order valence-electron chi connectivity index (χ3n) is 4.81. The Balaban J connectivity index is 1.84. The molecule has 4 aromatic rings. The molecule has 32 heavy (non-hydrogen) atoms. The van der Waals surface area contributed by atoms with Gasteiger partial charge in [0.1, 0.15) is 11.8 Å². The van der Waals surface area contributed by atoms with Crippen LogP contribution < -0.4 is 20.9 Å². The molecule has 9 nitrogen and oxygen atoms in total. The molecule has 3 heterocycles. The van der Waals surface area contributed by atoms with Crippen molar-refractivity contribution in [3.63, 3.8) is 0 Å². The SMILES string of the molecule is CC(=O)N(C)c1ccc(Cl)c(COc2cc3oc(=O)c(=O)oc3n3c(Cl)c(C)nc23)c1Cl. The van der Waals surface area contributed by atoms with Gasteiger partial charge in [0, 0.05) is 30.6 Å². The Bertz CT molecular complexity index is 1520. The van der Waals surface area contributed by atoms with Crippen molar-refractivity contribution in [1.29, 1.82) is 0 Å². The zero-order valence-corrected chi connectivity index (χ0v) is 19.1. The maximum Gasteiger partial charge on any atom is 0.424 e. The predicted molar refractivity (Wildman–Crippen MR) is 119 cm³/mol. The highest BCUT2D eigenvalue weighted by Gasteiger charge is 2.21. The van der Waals surface area contributed by atoms with Crippen molar-refractivity contribution in [3.8, 4) is 5.75 Å². The first kappa shape index (κ1) is 22.2. The van der Waals surface area contributed by atoms with Crippen LogP contribution in [-0.2, 0) is 11.4 Å². The second kappa shape index (κ2) is 8.16. The van der Waals surface area contributed by atoms with Crippen LogP contribution in [0.3, 0.4) is 0 Å². The second-order valence-corrected chi connectivity index (χ2v) is 7.97. The Morgan fingerprint density at radius 1 is 1.19 bits per heavy atom. The van der Waals surface area contributed by atoms with Gasteiger partial charge in [0.2, 0.25) is 5.91 Å². The van der Waals surface area contributed by atoms with Gasteiger partial charge in [0.15, 0.2) is 17.0 Å². The number of aromatic nitrogens is 2. The van der Waals surface area contributed by atoms with Crippen molar-refractivity contribution in [1.82, 2.24) is 9.38 Å². The number of hydrogen-bond acceptors (Lipinski definition) is 7. The van der Waals surface area contributed by atoms with Crippen LogP contribution in [0, 0.1) is 6.92 Å². The molecule has 1 amide bonds. The van der Waals surface area contributed by atoms with Gasteiger partial charge in [-0.05, 0) is 19.1 Å². The number of amides is 1. The summed E-state index contributed by atoms with van der Waals surface area (Å²) in [5.74, 6) is -0.0432. The van der Waals surface area contributed by atoms with E-state index in [4.69, 9.17) is 48.4 Å². The molecule has 3 aromatic heterocycles. The van der Waals surface area contributed by atoms with Gasteiger partial charge in [0.05, 0.1) is 16.4 Å². The Labute approximate surface area is 194 Å². The van der Waals surface area contributed by atoms with Crippen molar-refractivity contribution in [2.75, 3.05) is 11.9 Å². The van der Waals surface area contributed by atoms with Gasteiger partial charge >= 0.3 is 11.3 Å². The summed E-state index contributed by atoms with van der Waals surface area (Å²) >= 11 is 19.1. The quantitative estimate of drug-likeness (QED) is 0.388. The molecule has 1 aromatic carbocycles. The van der Waals surface area contributed by atoms with Crippen LogP contribution in [0.2, 0.25) is 15.2 Å². The van der Waals surface area contributed by atoms with Crippen LogP contribution in [0.5, 0.6) is 5.75 Å². The fourth-order valence-corrected chi connectivity index (χ4v) is 3.86. The average molecular weight is 499 g/mol. The number of imidazole rings is 1. The summed E-state index contributed by atoms with van der Waals surface area (Å²) in [7, 11) is 1.58. The number of fused-ring (bicyclic) bond motifs is 3. The third-order valence-corrected chi connectivity index (χ3v) is 6.03. The highest BCUT2D eigenvalue weighted by atomic mass is 35.5. The van der Waals surface area contributed by atoms with Gasteiger partial charge in [-0.25, -0.2) is 19.0 Å². The van der Waals surface area contributed by atoms with Gasteiger partial charge in [-0.2, -0.15) is 0 Å². The maximum atomic E-state index is 11.7. The van der Waals surface area contributed by atoms with E-state index in [9.17, 15) is 14.4 Å². The standard InChI is InChI=1S/C20H14Cl3N3O6/c1-8-16(23)26-17(24-8)13(6-14-18(26)32-20(29)19(28)31-14)30-7-10-11(21)4-5-12(15(10)22)25(3)9(2)27/h4-6H,7H2,1-3H3. The molecule has 0 aliphatic rings. The van der Waals surface area contributed by atoms with E-state index < -0.39 is 11.3 Å². The van der Waals surface area contributed by atoms with E-state index in [0.29, 0.717) is 22.0 Å². The Morgan fingerprint density at radius 2 is 1.88 bits per heavy atom. The molecule has 0 unspecified atom stereocenters. The lowest BCUT2D eigenvalue weighted by Crippen LogP contribution is -2.23. The van der Waals surface area contributed by atoms with E-state index in [0.717, 1.165) is 0 Å². The number of rotatable bonds is 4. The zero-order chi connectivity index (χ0) is 23.3. The first-order chi connectivity index (χ1) is 15.1. The summed E-state index contributed by atoms with van der Waals surface area (Å²) in [5, 5.41) is 0.707. The summed E-state index contributed by atoms with van der Waals surface area (Å²) < 4.78 is 17.3. The van der Waals surface area contributed by atoms with E-state index in [1.165, 1.54) is 22.3 Å². The van der Waals surface area contributed by atoms with E-state index in [-0.39, 0.29) is 45.4 Å². The number of benzene rings is 1. The van der Waals surface area contributed by atoms with Crippen LogP contribution in [0.15, 0.2) is 36.6 Å². The normalized spacial score (nSPS) is 11.3. The Hall–Kier alpha value is -3.01. The van der Waals surface area contributed by atoms with E-state index in [1.54, 1.807) is 26.1 Å². The largest absolute Gasteiger partial charge is 0.485 e. The molecule has 0 saturated heterocycles. The van der Waals surface area contributed by atoms with Gasteiger partial charge in [-0.3, -0.25) is 4.79 Å². The molecule has 0 saturated carbocycles. The van der Waals surface area contributed by atoms with Crippen LogP contribution in [-0.4, -0.2) is 22.3 Å². The Kier molecular flexibility index (Phi) is 5.66. The number of anilines is 1. The van der Waals surface area contributed by atoms with Crippen molar-refractivity contribution >= 4 is 63.3 Å². The molecule has 0 aliphatic carbocycles. The van der Waals surface area contributed by atoms with Crippen LogP contribution in [0.4, 0.5) is 5.69 Å². The number of aryl methyl sites for hydroxylation is 1. The minimum absolute atomic E-state index is 0.0707. The third kappa shape index (κ3) is 3.62. The fourth-order valence-electron chi connectivity index (χ4n) is 3.06. The first-order valence-corrected chi connectivity index (χ1v) is 10.2. The van der Waals surface area contributed by atoms with Crippen LogP contribution in [0.1, 0.15) is 18.2 Å². The van der Waals surface area contributed by atoms with Gasteiger partial charge in [0.25, 0.3) is 5.71 Å². The first-order valence-electron chi connectivity index (χ1n) is 9.09. The topological polar surface area (TPSA) is 107 Å². The highest BCUT2D eigenvalue weighted by molar-refractivity contribution is 6.38. The maximum absolute atomic E-state index is 11.7. The summed E-state index contributed by atoms with van der Waals surface area (Å²) in [6.45, 7) is 2.95. The van der Waals surface area contributed by atoms with Crippen LogP contribution in [0.25, 0.3) is 16.9 Å². The summed E-state index contributed by atoms with van der Waals surface area (Å²) in [6, 6.07) is 4.57. The molecule has 166 valence electrons. The van der Waals surface area contributed by atoms with E-state index in [2.05, 4.69) is 4.98 Å². The van der Waals surface area contributed by atoms with E-state index >= 15 is 0 Å². The summed E-state index contributed by atoms with van der Waals surface area (Å²) in [6.07, 6.45) is 0. The number of nitrogens with zero attached hydrogens (tertiary/aromatic N) is 3. The van der Waals surface area contributed by atoms with Crippen molar-refractivity contribution in [3.05, 3.63) is 65.5 Å². The average Bonchev–Trinajstić information content (AvgIpc) is 3.03. The van der Waals surface area contributed by atoms with Crippen molar-refractivity contribution in [2.24, 2.45) is 0 Å². The molecule has 0 fully saturated rings. The molecule has 0 bridgehead atoms. The van der Waals surface area contributed by atoms with Crippen LogP contribution >= 0.6 is 34.8 Å². The number of carbonyl (C=O) groups excluding carboxylic acids is 1. The van der Waals surface area contributed by atoms with Gasteiger partial charge < -0.3 is 18.5 Å². The summed E-state index contributed by atoms with van der Waals surface area (Å²) in [4.78, 5) is 40.8. The molecular formula is C20H14Cl3N3O6. The lowest BCUT2D eigenvalue weighted by atomic mass is 10.2. The fraction of sp³-hybridized carbons (Fsp3) is 0.200. The number of halogens is 3. The smallest absolute Gasteiger partial charge is 0.424 e. The van der Waals surface area contributed by atoms with Gasteiger partial charge in [-0.15, -0.1) is 0 Å².